The van der Waals surface area contributed by atoms with Crippen molar-refractivity contribution in [3.63, 3.8) is 0 Å². The number of nitrogens with one attached hydrogen (secondary N) is 1. The summed E-state index contributed by atoms with van der Waals surface area (Å²) in [6.07, 6.45) is -4.16. The van der Waals surface area contributed by atoms with Crippen molar-refractivity contribution in [2.24, 2.45) is 0 Å². The van der Waals surface area contributed by atoms with E-state index in [0.29, 0.717) is 13.1 Å². The smallest absolute Gasteiger partial charge is 0.339 e. The number of carbonyl (C=O) groups excluding carboxylic acids is 1. The van der Waals surface area contributed by atoms with E-state index in [1.54, 1.807) is 4.90 Å². The fraction of sp³-hybridized carbons (Fsp3) is 0.909. The Labute approximate surface area is 105 Å². The topological polar surface area (TPSA) is 35.6 Å². The van der Waals surface area contributed by atoms with Crippen LogP contribution in [0.25, 0.3) is 0 Å². The molecule has 0 aromatic rings. The Morgan fingerprint density at radius 3 is 2.22 bits per heavy atom. The summed E-state index contributed by atoms with van der Waals surface area (Å²) in [5, 5.41) is 3.01. The lowest BCUT2D eigenvalue weighted by Gasteiger charge is -2.35. The van der Waals surface area contributed by atoms with E-state index < -0.39 is 12.7 Å². The Morgan fingerprint density at radius 2 is 1.78 bits per heavy atom. The van der Waals surface area contributed by atoms with Crippen LogP contribution in [0.2, 0.25) is 0 Å². The molecule has 1 amide bonds. The molecule has 1 N–H and O–H groups in total. The standard InChI is InChI=1S/C11H20F3N3O/c1-9(2)15-7-10(18)17-5-3-16(4-6-17)8-11(12,13)14/h9,15H,3-8H2,1-2H3. The molecule has 1 fully saturated rings. The normalized spacial score (nSPS) is 18.4. The molecule has 4 nitrogen and oxygen atoms in total. The SMILES string of the molecule is CC(C)NCC(=O)N1CCN(CC(F)(F)F)CC1. The summed E-state index contributed by atoms with van der Waals surface area (Å²) in [4.78, 5) is 14.7. The summed E-state index contributed by atoms with van der Waals surface area (Å²) in [5.74, 6) is -0.0460. The zero-order chi connectivity index (χ0) is 13.8. The maximum atomic E-state index is 12.2. The van der Waals surface area contributed by atoms with Gasteiger partial charge in [0.05, 0.1) is 13.1 Å². The number of amides is 1. The highest BCUT2D eigenvalue weighted by Gasteiger charge is 2.32. The molecular weight excluding hydrogens is 247 g/mol. The second-order valence-electron chi connectivity index (χ2n) is 4.81. The number of halogens is 3. The van der Waals surface area contributed by atoms with E-state index in [1.807, 2.05) is 13.8 Å². The van der Waals surface area contributed by atoms with E-state index in [4.69, 9.17) is 0 Å². The molecule has 0 aromatic carbocycles. The highest BCUT2D eigenvalue weighted by atomic mass is 19.4. The average Bonchev–Trinajstić information content (AvgIpc) is 2.24. The summed E-state index contributed by atoms with van der Waals surface area (Å²) in [6.45, 7) is 4.54. The van der Waals surface area contributed by atoms with Crippen LogP contribution >= 0.6 is 0 Å². The van der Waals surface area contributed by atoms with Crippen LogP contribution in [-0.2, 0) is 4.79 Å². The van der Waals surface area contributed by atoms with E-state index in [1.165, 1.54) is 4.90 Å². The molecule has 0 unspecified atom stereocenters. The Kier molecular flexibility index (Phi) is 5.40. The van der Waals surface area contributed by atoms with Gasteiger partial charge < -0.3 is 10.2 Å². The van der Waals surface area contributed by atoms with Gasteiger partial charge in [-0.1, -0.05) is 13.8 Å². The number of hydrogen-bond donors (Lipinski definition) is 1. The van der Waals surface area contributed by atoms with Crippen LogP contribution in [0.5, 0.6) is 0 Å². The van der Waals surface area contributed by atoms with Gasteiger partial charge in [-0.05, 0) is 0 Å². The third-order valence-corrected chi connectivity index (χ3v) is 2.79. The number of rotatable bonds is 4. The Hall–Kier alpha value is -0.820. The van der Waals surface area contributed by atoms with Gasteiger partial charge in [-0.25, -0.2) is 0 Å². The molecule has 0 atom stereocenters. The lowest BCUT2D eigenvalue weighted by Crippen LogP contribution is -2.52. The second-order valence-corrected chi connectivity index (χ2v) is 4.81. The van der Waals surface area contributed by atoms with Crippen molar-refractivity contribution in [2.45, 2.75) is 26.1 Å². The van der Waals surface area contributed by atoms with Crippen molar-refractivity contribution in [2.75, 3.05) is 39.3 Å². The molecule has 1 aliphatic rings. The minimum absolute atomic E-state index is 0.0460. The van der Waals surface area contributed by atoms with E-state index >= 15 is 0 Å². The van der Waals surface area contributed by atoms with Gasteiger partial charge in [0.15, 0.2) is 0 Å². The molecule has 0 saturated carbocycles. The molecule has 0 spiro atoms. The number of hydrogen-bond acceptors (Lipinski definition) is 3. The lowest BCUT2D eigenvalue weighted by atomic mass is 10.3. The molecule has 1 heterocycles. The number of piperazine rings is 1. The number of alkyl halides is 3. The van der Waals surface area contributed by atoms with Crippen LogP contribution in [0.1, 0.15) is 13.8 Å². The summed E-state index contributed by atoms with van der Waals surface area (Å²) in [7, 11) is 0. The van der Waals surface area contributed by atoms with E-state index in [-0.39, 0.29) is 31.6 Å². The minimum atomic E-state index is -4.16. The first-order valence-electron chi connectivity index (χ1n) is 6.08. The van der Waals surface area contributed by atoms with Gasteiger partial charge >= 0.3 is 6.18 Å². The average molecular weight is 267 g/mol. The van der Waals surface area contributed by atoms with Crippen LogP contribution in [-0.4, -0.2) is 67.2 Å². The van der Waals surface area contributed by atoms with Crippen molar-refractivity contribution in [3.05, 3.63) is 0 Å². The summed E-state index contributed by atoms with van der Waals surface area (Å²) in [5.41, 5.74) is 0. The number of nitrogens with zero attached hydrogens (tertiary/aromatic N) is 2. The van der Waals surface area contributed by atoms with Crippen LogP contribution < -0.4 is 5.32 Å². The molecule has 1 saturated heterocycles. The molecule has 0 radical (unpaired) electrons. The predicted octanol–water partition coefficient (Wildman–Crippen LogP) is 0.691. The van der Waals surface area contributed by atoms with Gasteiger partial charge in [0.2, 0.25) is 5.91 Å². The van der Waals surface area contributed by atoms with Crippen LogP contribution in [0.3, 0.4) is 0 Å². The molecule has 0 aliphatic carbocycles. The van der Waals surface area contributed by atoms with Gasteiger partial charge in [-0.15, -0.1) is 0 Å². The summed E-state index contributed by atoms with van der Waals surface area (Å²) in [6, 6.07) is 0.223. The van der Waals surface area contributed by atoms with Gasteiger partial charge in [0.25, 0.3) is 0 Å². The maximum Gasteiger partial charge on any atom is 0.401 e. The quantitative estimate of drug-likeness (QED) is 0.814. The van der Waals surface area contributed by atoms with Gasteiger partial charge in [0, 0.05) is 32.2 Å². The van der Waals surface area contributed by atoms with Crippen molar-refractivity contribution >= 4 is 5.91 Å². The summed E-state index contributed by atoms with van der Waals surface area (Å²) >= 11 is 0. The third-order valence-electron chi connectivity index (χ3n) is 2.79. The first-order valence-corrected chi connectivity index (χ1v) is 6.08. The Morgan fingerprint density at radius 1 is 1.22 bits per heavy atom. The van der Waals surface area contributed by atoms with Crippen molar-refractivity contribution in [1.82, 2.24) is 15.1 Å². The Balaban J connectivity index is 2.28. The molecule has 18 heavy (non-hydrogen) atoms. The largest absolute Gasteiger partial charge is 0.401 e. The third kappa shape index (κ3) is 5.68. The van der Waals surface area contributed by atoms with E-state index in [2.05, 4.69) is 5.32 Å². The van der Waals surface area contributed by atoms with Crippen molar-refractivity contribution < 1.29 is 18.0 Å². The molecule has 1 aliphatic heterocycles. The molecular formula is C11H20F3N3O. The molecule has 106 valence electrons. The molecule has 1 rings (SSSR count). The predicted molar refractivity (Wildman–Crippen MR) is 62.2 cm³/mol. The maximum absolute atomic E-state index is 12.2. The monoisotopic (exact) mass is 267 g/mol. The first kappa shape index (κ1) is 15.2. The lowest BCUT2D eigenvalue weighted by molar-refractivity contribution is -0.151. The van der Waals surface area contributed by atoms with Crippen LogP contribution in [0.4, 0.5) is 13.2 Å². The van der Waals surface area contributed by atoms with Gasteiger partial charge in [-0.2, -0.15) is 13.2 Å². The zero-order valence-corrected chi connectivity index (χ0v) is 10.8. The highest BCUT2D eigenvalue weighted by Crippen LogP contribution is 2.17. The Bertz CT molecular complexity index is 273. The van der Waals surface area contributed by atoms with Crippen LogP contribution in [0, 0.1) is 0 Å². The fourth-order valence-electron chi connectivity index (χ4n) is 1.81. The minimum Gasteiger partial charge on any atom is -0.339 e. The molecule has 0 bridgehead atoms. The zero-order valence-electron chi connectivity index (χ0n) is 10.8. The molecule has 0 aromatic heterocycles. The highest BCUT2D eigenvalue weighted by molar-refractivity contribution is 5.78. The van der Waals surface area contributed by atoms with E-state index in [0.717, 1.165) is 0 Å². The first-order chi connectivity index (χ1) is 8.28. The second kappa shape index (κ2) is 6.38. The molecule has 7 heteroatoms. The van der Waals surface area contributed by atoms with Gasteiger partial charge in [0.1, 0.15) is 0 Å². The van der Waals surface area contributed by atoms with Crippen molar-refractivity contribution in [1.29, 1.82) is 0 Å². The van der Waals surface area contributed by atoms with Gasteiger partial charge in [-0.3, -0.25) is 9.69 Å². The van der Waals surface area contributed by atoms with Crippen LogP contribution in [0.15, 0.2) is 0 Å². The number of carbonyl (C=O) groups is 1. The summed E-state index contributed by atoms with van der Waals surface area (Å²) < 4.78 is 36.5. The fourth-order valence-corrected chi connectivity index (χ4v) is 1.81. The van der Waals surface area contributed by atoms with Crippen molar-refractivity contribution in [3.8, 4) is 0 Å². The van der Waals surface area contributed by atoms with E-state index in [9.17, 15) is 18.0 Å².